The standard InChI is InChI=1S/C29H17NO8/c31-25(16-3-10-21(11-4-16)38-22-12-5-18(6-13-22)29(36)37)19-7-14-23-24(15-19)27(33)30(26(23)32)20-8-1-17(2-9-20)28(34)35/h1-15H,(H,34,35)(H,36,37). The Balaban J connectivity index is 1.33. The molecule has 38 heavy (non-hydrogen) atoms. The Morgan fingerprint density at radius 3 is 1.53 bits per heavy atom. The fourth-order valence-corrected chi connectivity index (χ4v) is 4.01. The summed E-state index contributed by atoms with van der Waals surface area (Å²) in [5, 5.41) is 18.1. The van der Waals surface area contributed by atoms with Crippen molar-refractivity contribution in [1.82, 2.24) is 0 Å². The Morgan fingerprint density at radius 2 is 1.00 bits per heavy atom. The van der Waals surface area contributed by atoms with Crippen LogP contribution in [0.25, 0.3) is 0 Å². The number of aromatic carboxylic acids is 2. The zero-order chi connectivity index (χ0) is 27.0. The van der Waals surface area contributed by atoms with Crippen LogP contribution in [0, 0.1) is 0 Å². The molecule has 4 aromatic rings. The molecule has 0 radical (unpaired) electrons. The summed E-state index contributed by atoms with van der Waals surface area (Å²) < 4.78 is 5.69. The van der Waals surface area contributed by atoms with Crippen LogP contribution in [0.15, 0.2) is 91.0 Å². The van der Waals surface area contributed by atoms with E-state index in [4.69, 9.17) is 14.9 Å². The summed E-state index contributed by atoms with van der Waals surface area (Å²) in [7, 11) is 0. The topological polar surface area (TPSA) is 138 Å². The number of hydrogen-bond acceptors (Lipinski definition) is 6. The van der Waals surface area contributed by atoms with Gasteiger partial charge in [-0.3, -0.25) is 14.4 Å². The largest absolute Gasteiger partial charge is 0.478 e. The molecule has 2 amide bonds. The maximum Gasteiger partial charge on any atom is 0.335 e. The van der Waals surface area contributed by atoms with Gasteiger partial charge in [-0.15, -0.1) is 0 Å². The number of carbonyl (C=O) groups excluding carboxylic acids is 3. The molecule has 0 unspecified atom stereocenters. The molecule has 0 fully saturated rings. The normalized spacial score (nSPS) is 12.3. The number of hydrogen-bond donors (Lipinski definition) is 2. The van der Waals surface area contributed by atoms with Crippen molar-refractivity contribution in [3.05, 3.63) is 124 Å². The maximum atomic E-state index is 13.1. The van der Waals surface area contributed by atoms with E-state index in [0.29, 0.717) is 17.1 Å². The van der Waals surface area contributed by atoms with Crippen molar-refractivity contribution in [3.63, 3.8) is 0 Å². The quantitative estimate of drug-likeness (QED) is 0.266. The number of fused-ring (bicyclic) bond motifs is 1. The van der Waals surface area contributed by atoms with Crippen molar-refractivity contribution in [2.24, 2.45) is 0 Å². The smallest absolute Gasteiger partial charge is 0.335 e. The molecule has 0 spiro atoms. The molecule has 9 heteroatoms. The highest BCUT2D eigenvalue weighted by atomic mass is 16.5. The number of rotatable bonds is 7. The Hall–Kier alpha value is -5.57. The number of carbonyl (C=O) groups is 5. The van der Waals surface area contributed by atoms with E-state index in [9.17, 15) is 24.0 Å². The average molecular weight is 507 g/mol. The second-order valence-corrected chi connectivity index (χ2v) is 8.34. The number of carboxylic acids is 2. The van der Waals surface area contributed by atoms with Crippen LogP contribution < -0.4 is 9.64 Å². The van der Waals surface area contributed by atoms with Crippen molar-refractivity contribution < 1.29 is 38.9 Å². The number of carboxylic acid groups (broad SMARTS) is 2. The Labute approximate surface area is 215 Å². The average Bonchev–Trinajstić information content (AvgIpc) is 3.18. The summed E-state index contributed by atoms with van der Waals surface area (Å²) in [5.41, 5.74) is 1.14. The van der Waals surface area contributed by atoms with Gasteiger partial charge >= 0.3 is 11.9 Å². The highest BCUT2D eigenvalue weighted by Crippen LogP contribution is 2.30. The van der Waals surface area contributed by atoms with Gasteiger partial charge in [0.2, 0.25) is 0 Å². The van der Waals surface area contributed by atoms with E-state index in [-0.39, 0.29) is 39.3 Å². The van der Waals surface area contributed by atoms with Gasteiger partial charge in [-0.25, -0.2) is 14.5 Å². The third kappa shape index (κ3) is 4.40. The van der Waals surface area contributed by atoms with Crippen LogP contribution in [-0.4, -0.2) is 39.7 Å². The molecule has 0 saturated heterocycles. The van der Waals surface area contributed by atoms with Gasteiger partial charge in [0.05, 0.1) is 27.9 Å². The van der Waals surface area contributed by atoms with Gasteiger partial charge in [0.1, 0.15) is 11.5 Å². The summed E-state index contributed by atoms with van der Waals surface area (Å²) in [5.74, 6) is -2.85. The summed E-state index contributed by atoms with van der Waals surface area (Å²) >= 11 is 0. The van der Waals surface area contributed by atoms with Crippen molar-refractivity contribution in [3.8, 4) is 11.5 Å². The molecule has 1 aliphatic rings. The summed E-state index contributed by atoms with van der Waals surface area (Å²) in [6.45, 7) is 0. The number of anilines is 1. The summed E-state index contributed by atoms with van der Waals surface area (Å²) in [6, 6.07) is 21.8. The molecule has 0 aromatic heterocycles. The predicted octanol–water partition coefficient (Wildman–Crippen LogP) is 4.91. The Bertz CT molecular complexity index is 1620. The van der Waals surface area contributed by atoms with Crippen LogP contribution in [0.2, 0.25) is 0 Å². The lowest BCUT2D eigenvalue weighted by molar-refractivity contribution is 0.0686. The first-order valence-corrected chi connectivity index (χ1v) is 11.2. The van der Waals surface area contributed by atoms with E-state index in [1.54, 1.807) is 24.3 Å². The lowest BCUT2D eigenvalue weighted by Crippen LogP contribution is -2.29. The molecule has 0 aliphatic carbocycles. The molecule has 0 atom stereocenters. The minimum Gasteiger partial charge on any atom is -0.478 e. The fraction of sp³-hybridized carbons (Fsp3) is 0. The number of ketones is 1. The van der Waals surface area contributed by atoms with Gasteiger partial charge in [0.15, 0.2) is 5.78 Å². The molecule has 0 bridgehead atoms. The fourth-order valence-electron chi connectivity index (χ4n) is 4.01. The van der Waals surface area contributed by atoms with Gasteiger partial charge in [-0.1, -0.05) is 6.07 Å². The molecule has 9 nitrogen and oxygen atoms in total. The molecular weight excluding hydrogens is 490 g/mol. The van der Waals surface area contributed by atoms with Crippen molar-refractivity contribution >= 4 is 35.2 Å². The van der Waals surface area contributed by atoms with Gasteiger partial charge < -0.3 is 14.9 Å². The Kier molecular flexibility index (Phi) is 6.02. The monoisotopic (exact) mass is 507 g/mol. The zero-order valence-electron chi connectivity index (χ0n) is 19.5. The lowest BCUT2D eigenvalue weighted by atomic mass is 9.99. The van der Waals surface area contributed by atoms with Crippen molar-refractivity contribution in [1.29, 1.82) is 0 Å². The molecule has 1 heterocycles. The maximum absolute atomic E-state index is 13.1. The first kappa shape index (κ1) is 24.1. The van der Waals surface area contributed by atoms with Crippen molar-refractivity contribution in [2.45, 2.75) is 0 Å². The van der Waals surface area contributed by atoms with Crippen LogP contribution in [-0.2, 0) is 0 Å². The molecule has 0 saturated carbocycles. The number of nitrogens with zero attached hydrogens (tertiary/aromatic N) is 1. The third-order valence-corrected chi connectivity index (χ3v) is 5.97. The second-order valence-electron chi connectivity index (χ2n) is 8.34. The second kappa shape index (κ2) is 9.47. The number of amides is 2. The van der Waals surface area contributed by atoms with Gasteiger partial charge in [0.25, 0.3) is 11.8 Å². The molecule has 4 aromatic carbocycles. The van der Waals surface area contributed by atoms with Gasteiger partial charge in [0, 0.05) is 11.1 Å². The van der Waals surface area contributed by atoms with E-state index in [1.165, 1.54) is 66.7 Å². The van der Waals surface area contributed by atoms with Gasteiger partial charge in [-0.2, -0.15) is 0 Å². The SMILES string of the molecule is O=C(O)c1ccc(Oc2ccc(C(=O)c3ccc4c(c3)C(=O)N(c3ccc(C(=O)O)cc3)C4=O)cc2)cc1. The molecule has 5 rings (SSSR count). The van der Waals surface area contributed by atoms with E-state index in [1.807, 2.05) is 0 Å². The minimum absolute atomic E-state index is 0.0192. The van der Waals surface area contributed by atoms with Crippen LogP contribution in [0.3, 0.4) is 0 Å². The predicted molar refractivity (Wildman–Crippen MR) is 134 cm³/mol. The third-order valence-electron chi connectivity index (χ3n) is 5.97. The number of ether oxygens (including phenoxy) is 1. The van der Waals surface area contributed by atoms with Crippen LogP contribution in [0.5, 0.6) is 11.5 Å². The summed E-state index contributed by atoms with van der Waals surface area (Å²) in [4.78, 5) is 62.0. The number of imide groups is 1. The van der Waals surface area contributed by atoms with E-state index in [0.717, 1.165) is 4.90 Å². The van der Waals surface area contributed by atoms with E-state index in [2.05, 4.69) is 0 Å². The molecule has 1 aliphatic heterocycles. The van der Waals surface area contributed by atoms with Crippen LogP contribution in [0.4, 0.5) is 5.69 Å². The molecular formula is C29H17NO8. The molecule has 186 valence electrons. The lowest BCUT2D eigenvalue weighted by Gasteiger charge is -2.13. The first-order valence-electron chi connectivity index (χ1n) is 11.2. The van der Waals surface area contributed by atoms with Gasteiger partial charge in [-0.05, 0) is 84.9 Å². The van der Waals surface area contributed by atoms with Crippen molar-refractivity contribution in [2.75, 3.05) is 4.90 Å². The van der Waals surface area contributed by atoms with Crippen LogP contribution >= 0.6 is 0 Å². The van der Waals surface area contributed by atoms with E-state index >= 15 is 0 Å². The zero-order valence-corrected chi connectivity index (χ0v) is 19.5. The molecule has 2 N–H and O–H groups in total. The number of benzene rings is 4. The summed E-state index contributed by atoms with van der Waals surface area (Å²) in [6.07, 6.45) is 0. The minimum atomic E-state index is -1.13. The van der Waals surface area contributed by atoms with E-state index < -0.39 is 23.8 Å². The first-order chi connectivity index (χ1) is 18.2. The van der Waals surface area contributed by atoms with Crippen LogP contribution in [0.1, 0.15) is 57.4 Å². The Morgan fingerprint density at radius 1 is 0.553 bits per heavy atom. The highest BCUT2D eigenvalue weighted by molar-refractivity contribution is 6.35. The highest BCUT2D eigenvalue weighted by Gasteiger charge is 2.37.